The molecule has 12 heteroatoms. The number of hydrogen-bond donors (Lipinski definition) is 6. The second-order valence-corrected chi connectivity index (χ2v) is 5.47. The topological polar surface area (TPSA) is 224 Å². The van der Waals surface area contributed by atoms with Crippen LogP contribution in [0.5, 0.6) is 0 Å². The highest BCUT2D eigenvalue weighted by Gasteiger charge is 2.80. The van der Waals surface area contributed by atoms with Crippen molar-refractivity contribution < 1.29 is 59.4 Å². The fraction of sp³-hybridized carbons (Fsp3) is 0.571. The zero-order valence-electron chi connectivity index (χ0n) is 13.5. The van der Waals surface area contributed by atoms with Gasteiger partial charge in [0.15, 0.2) is 0 Å². The van der Waals surface area contributed by atoms with Gasteiger partial charge in [-0.25, -0.2) is 0 Å². The summed E-state index contributed by atoms with van der Waals surface area (Å²) < 4.78 is 0. The molecule has 1 unspecified atom stereocenters. The van der Waals surface area contributed by atoms with E-state index >= 15 is 0 Å². The van der Waals surface area contributed by atoms with Gasteiger partial charge in [0.2, 0.25) is 5.41 Å². The summed E-state index contributed by atoms with van der Waals surface area (Å²) in [6.07, 6.45) is -0.0667. The molecule has 12 nitrogen and oxygen atoms in total. The van der Waals surface area contributed by atoms with Gasteiger partial charge in [-0.15, -0.1) is 0 Å². The zero-order chi connectivity index (χ0) is 20.9. The second kappa shape index (κ2) is 8.27. The van der Waals surface area contributed by atoms with Gasteiger partial charge in [0.25, 0.3) is 5.41 Å². The average molecular weight is 378 g/mol. The molecule has 0 aromatic heterocycles. The van der Waals surface area contributed by atoms with E-state index in [1.165, 1.54) is 0 Å². The minimum absolute atomic E-state index is 0.0925. The Morgan fingerprint density at radius 2 is 1.08 bits per heavy atom. The highest BCUT2D eigenvalue weighted by molar-refractivity contribution is 6.25. The molecule has 146 valence electrons. The van der Waals surface area contributed by atoms with Crippen LogP contribution < -0.4 is 0 Å². The fourth-order valence-electron chi connectivity index (χ4n) is 2.88. The maximum Gasteiger partial charge on any atom is 0.334 e. The predicted molar refractivity (Wildman–Crippen MR) is 78.3 cm³/mol. The van der Waals surface area contributed by atoms with Crippen LogP contribution >= 0.6 is 0 Å². The molecule has 26 heavy (non-hydrogen) atoms. The molecule has 0 aliphatic carbocycles. The standard InChI is InChI=1S/C14H18O12/c1-2-3-4-5-6(7(15)16)13(8(17)18,9(19)20)14(10(21)22,11(23)24)12(25)26/h6H,2-5H2,1H3,(H,15,16)(H,17,18)(H,19,20)(H,21,22)(H,23,24)(H,25,26). The monoisotopic (exact) mass is 378 g/mol. The smallest absolute Gasteiger partial charge is 0.334 e. The van der Waals surface area contributed by atoms with E-state index in [4.69, 9.17) is 0 Å². The summed E-state index contributed by atoms with van der Waals surface area (Å²) >= 11 is 0. The lowest BCUT2D eigenvalue weighted by atomic mass is 9.55. The van der Waals surface area contributed by atoms with E-state index in [1.807, 2.05) is 0 Å². The van der Waals surface area contributed by atoms with Crippen LogP contribution in [0.4, 0.5) is 0 Å². The average Bonchev–Trinajstić information content (AvgIpc) is 2.47. The van der Waals surface area contributed by atoms with E-state index in [2.05, 4.69) is 0 Å². The minimum atomic E-state index is -4.47. The number of aliphatic carboxylic acids is 6. The normalized spacial score (nSPS) is 12.8. The lowest BCUT2D eigenvalue weighted by molar-refractivity contribution is -0.209. The Kier molecular flexibility index (Phi) is 7.26. The largest absolute Gasteiger partial charge is 0.481 e. The first-order chi connectivity index (χ1) is 11.9. The van der Waals surface area contributed by atoms with Gasteiger partial charge in [-0.3, -0.25) is 28.8 Å². The van der Waals surface area contributed by atoms with Gasteiger partial charge in [-0.2, -0.15) is 0 Å². The molecule has 0 aliphatic rings. The Hall–Kier alpha value is -3.18. The molecule has 1 atom stereocenters. The summed E-state index contributed by atoms with van der Waals surface area (Å²) in [5.74, 6) is -18.6. The van der Waals surface area contributed by atoms with Gasteiger partial charge >= 0.3 is 35.8 Å². The summed E-state index contributed by atoms with van der Waals surface area (Å²) in [7, 11) is 0. The second-order valence-electron chi connectivity index (χ2n) is 5.47. The molecule has 0 bridgehead atoms. The van der Waals surface area contributed by atoms with Crippen molar-refractivity contribution in [3.8, 4) is 0 Å². The van der Waals surface area contributed by atoms with Gasteiger partial charge in [-0.05, 0) is 6.42 Å². The van der Waals surface area contributed by atoms with E-state index in [0.29, 0.717) is 12.8 Å². The van der Waals surface area contributed by atoms with Gasteiger partial charge in [-0.1, -0.05) is 26.2 Å². The molecular weight excluding hydrogens is 360 g/mol. The molecule has 0 saturated carbocycles. The van der Waals surface area contributed by atoms with Gasteiger partial charge in [0.1, 0.15) is 0 Å². The third kappa shape index (κ3) is 3.17. The summed E-state index contributed by atoms with van der Waals surface area (Å²) in [5.41, 5.74) is -8.67. The summed E-state index contributed by atoms with van der Waals surface area (Å²) in [6, 6.07) is 0. The van der Waals surface area contributed by atoms with Crippen LogP contribution in [0.2, 0.25) is 0 Å². The van der Waals surface area contributed by atoms with Crippen LogP contribution in [-0.2, 0) is 28.8 Å². The maximum atomic E-state index is 11.8. The van der Waals surface area contributed by atoms with Crippen molar-refractivity contribution in [2.75, 3.05) is 0 Å². The number of carboxylic acids is 6. The van der Waals surface area contributed by atoms with Crippen LogP contribution in [0.25, 0.3) is 0 Å². The first-order valence-corrected chi connectivity index (χ1v) is 7.26. The Bertz CT molecular complexity index is 584. The maximum absolute atomic E-state index is 11.8. The molecule has 0 heterocycles. The number of carboxylic acid groups (broad SMARTS) is 6. The van der Waals surface area contributed by atoms with Gasteiger partial charge < -0.3 is 30.6 Å². The van der Waals surface area contributed by atoms with Crippen molar-refractivity contribution in [2.45, 2.75) is 32.6 Å². The third-order valence-electron chi connectivity index (χ3n) is 4.15. The minimum Gasteiger partial charge on any atom is -0.481 e. The first kappa shape index (κ1) is 22.8. The Morgan fingerprint density at radius 3 is 1.31 bits per heavy atom. The van der Waals surface area contributed by atoms with Crippen molar-refractivity contribution in [1.29, 1.82) is 0 Å². The zero-order valence-corrected chi connectivity index (χ0v) is 13.5. The molecule has 6 N–H and O–H groups in total. The van der Waals surface area contributed by atoms with Crippen LogP contribution in [0.1, 0.15) is 32.6 Å². The van der Waals surface area contributed by atoms with Gasteiger partial charge in [0, 0.05) is 0 Å². The molecule has 0 aromatic rings. The van der Waals surface area contributed by atoms with Crippen LogP contribution in [0.15, 0.2) is 0 Å². The molecule has 0 radical (unpaired) electrons. The molecule has 0 amide bonds. The molecule has 0 aliphatic heterocycles. The number of rotatable bonds is 12. The van der Waals surface area contributed by atoms with E-state index in [-0.39, 0.29) is 6.42 Å². The third-order valence-corrected chi connectivity index (χ3v) is 4.15. The Morgan fingerprint density at radius 1 is 0.692 bits per heavy atom. The first-order valence-electron chi connectivity index (χ1n) is 7.26. The molecule has 0 saturated heterocycles. The van der Waals surface area contributed by atoms with E-state index < -0.39 is 59.0 Å². The quantitative estimate of drug-likeness (QED) is 0.189. The van der Waals surface area contributed by atoms with Crippen molar-refractivity contribution in [2.24, 2.45) is 16.7 Å². The Labute approximate surface area is 145 Å². The Balaban J connectivity index is 7.15. The highest BCUT2D eigenvalue weighted by atomic mass is 16.4. The van der Waals surface area contributed by atoms with Crippen LogP contribution in [-0.4, -0.2) is 66.5 Å². The lowest BCUT2D eigenvalue weighted by Gasteiger charge is -2.39. The number of hydrogen-bond acceptors (Lipinski definition) is 6. The van der Waals surface area contributed by atoms with Crippen LogP contribution in [0, 0.1) is 16.7 Å². The fourth-order valence-corrected chi connectivity index (χ4v) is 2.88. The van der Waals surface area contributed by atoms with Crippen molar-refractivity contribution >= 4 is 35.8 Å². The van der Waals surface area contributed by atoms with E-state index in [1.54, 1.807) is 6.92 Å². The van der Waals surface area contributed by atoms with Crippen molar-refractivity contribution in [3.63, 3.8) is 0 Å². The van der Waals surface area contributed by atoms with E-state index in [0.717, 1.165) is 0 Å². The molecule has 0 aromatic carbocycles. The lowest BCUT2D eigenvalue weighted by Crippen LogP contribution is -2.68. The highest BCUT2D eigenvalue weighted by Crippen LogP contribution is 2.49. The number of unbranched alkanes of at least 4 members (excludes halogenated alkanes) is 2. The predicted octanol–water partition coefficient (Wildman–Crippen LogP) is -0.337. The molecule has 0 fully saturated rings. The van der Waals surface area contributed by atoms with E-state index in [9.17, 15) is 59.4 Å². The number of carbonyl (C=O) groups is 6. The van der Waals surface area contributed by atoms with Gasteiger partial charge in [0.05, 0.1) is 5.92 Å². The molecular formula is C14H18O12. The summed E-state index contributed by atoms with van der Waals surface area (Å²) in [5, 5.41) is 55.8. The molecule has 0 spiro atoms. The summed E-state index contributed by atoms with van der Waals surface area (Å²) in [6.45, 7) is 1.67. The van der Waals surface area contributed by atoms with Crippen LogP contribution in [0.3, 0.4) is 0 Å². The summed E-state index contributed by atoms with van der Waals surface area (Å²) in [4.78, 5) is 69.7. The van der Waals surface area contributed by atoms with Crippen molar-refractivity contribution in [1.82, 2.24) is 0 Å². The molecule has 0 rings (SSSR count). The SMILES string of the molecule is CCCCCC(C(=O)O)C(C(=O)O)(C(=O)O)C(C(=O)O)(C(=O)O)C(=O)O. The van der Waals surface area contributed by atoms with Crippen molar-refractivity contribution in [3.05, 3.63) is 0 Å².